The number of aliphatic hydroxyl groups is 1. The maximum Gasteiger partial charge on any atom is 0.359 e. The van der Waals surface area contributed by atoms with Gasteiger partial charge in [0, 0.05) is 6.20 Å². The van der Waals surface area contributed by atoms with Gasteiger partial charge in [-0.25, -0.2) is 9.89 Å². The van der Waals surface area contributed by atoms with Crippen LogP contribution in [0.4, 0.5) is 0 Å². The van der Waals surface area contributed by atoms with Crippen molar-refractivity contribution in [1.82, 2.24) is 25.2 Å². The standard InChI is InChI=1S/C24H31N5O4/c1-3-24(32,4-2)15-29-20(13-14-25-29)18-7-5-16(6-8-18)17-9-11-19(12-10-17)33-22-21(23(30)31)26-28-27-22/h5-8,13-14,17,19,32H,3-4,9-12,15H2,1-2H3,(H,30,31)(H,26,27,28). The van der Waals surface area contributed by atoms with E-state index in [4.69, 9.17) is 9.84 Å². The van der Waals surface area contributed by atoms with Gasteiger partial charge in [0.05, 0.1) is 17.8 Å². The highest BCUT2D eigenvalue weighted by Gasteiger charge is 2.27. The first-order valence-electron chi connectivity index (χ1n) is 11.6. The van der Waals surface area contributed by atoms with Crippen LogP contribution in [0.2, 0.25) is 0 Å². The van der Waals surface area contributed by atoms with Crippen LogP contribution in [-0.2, 0) is 6.54 Å². The zero-order valence-corrected chi connectivity index (χ0v) is 19.1. The van der Waals surface area contributed by atoms with Crippen LogP contribution < -0.4 is 4.74 Å². The number of benzene rings is 1. The van der Waals surface area contributed by atoms with Gasteiger partial charge in [-0.15, -0.1) is 0 Å². The van der Waals surface area contributed by atoms with E-state index in [-0.39, 0.29) is 17.7 Å². The molecule has 3 N–H and O–H groups in total. The van der Waals surface area contributed by atoms with Crippen LogP contribution in [0.5, 0.6) is 5.88 Å². The Kier molecular flexibility index (Phi) is 6.78. The minimum atomic E-state index is -1.13. The van der Waals surface area contributed by atoms with Gasteiger partial charge in [-0.1, -0.05) is 48.4 Å². The second-order valence-corrected chi connectivity index (χ2v) is 8.82. The van der Waals surface area contributed by atoms with E-state index in [1.807, 2.05) is 24.6 Å². The molecule has 0 amide bonds. The molecular formula is C24H31N5O4. The van der Waals surface area contributed by atoms with E-state index in [0.29, 0.717) is 25.3 Å². The second-order valence-electron chi connectivity index (χ2n) is 8.82. The molecule has 0 unspecified atom stereocenters. The first kappa shape index (κ1) is 23.0. The lowest BCUT2D eigenvalue weighted by Gasteiger charge is -2.28. The van der Waals surface area contributed by atoms with E-state index < -0.39 is 11.6 Å². The van der Waals surface area contributed by atoms with Crippen molar-refractivity contribution in [3.63, 3.8) is 0 Å². The molecule has 33 heavy (non-hydrogen) atoms. The molecule has 0 spiro atoms. The number of aromatic amines is 1. The molecule has 1 aliphatic rings. The molecular weight excluding hydrogens is 422 g/mol. The monoisotopic (exact) mass is 453 g/mol. The number of hydrogen-bond acceptors (Lipinski definition) is 6. The highest BCUT2D eigenvalue weighted by Crippen LogP contribution is 2.35. The van der Waals surface area contributed by atoms with E-state index >= 15 is 0 Å². The Hall–Kier alpha value is -3.20. The fourth-order valence-corrected chi connectivity index (χ4v) is 4.49. The molecule has 3 aromatic rings. The van der Waals surface area contributed by atoms with Gasteiger partial charge in [-0.3, -0.25) is 4.68 Å². The molecule has 0 bridgehead atoms. The van der Waals surface area contributed by atoms with Crippen LogP contribution in [0.15, 0.2) is 36.5 Å². The average Bonchev–Trinajstić information content (AvgIpc) is 3.49. The summed E-state index contributed by atoms with van der Waals surface area (Å²) in [5, 5.41) is 34.0. The normalized spacial score (nSPS) is 18.9. The summed E-state index contributed by atoms with van der Waals surface area (Å²) >= 11 is 0. The van der Waals surface area contributed by atoms with Gasteiger partial charge in [-0.05, 0) is 61.6 Å². The average molecular weight is 454 g/mol. The van der Waals surface area contributed by atoms with E-state index in [0.717, 1.165) is 36.9 Å². The van der Waals surface area contributed by atoms with Crippen molar-refractivity contribution < 1.29 is 19.7 Å². The number of nitrogens with zero attached hydrogens (tertiary/aromatic N) is 4. The van der Waals surface area contributed by atoms with Crippen molar-refractivity contribution in [2.75, 3.05) is 0 Å². The number of nitrogens with one attached hydrogen (secondary N) is 1. The zero-order chi connectivity index (χ0) is 23.4. The Morgan fingerprint density at radius 3 is 2.48 bits per heavy atom. The molecule has 9 heteroatoms. The maximum absolute atomic E-state index is 11.2. The minimum Gasteiger partial charge on any atom is -0.476 e. The Bertz CT molecular complexity index is 1060. The zero-order valence-electron chi connectivity index (χ0n) is 19.1. The van der Waals surface area contributed by atoms with Crippen molar-refractivity contribution in [3.8, 4) is 17.1 Å². The van der Waals surface area contributed by atoms with E-state index in [9.17, 15) is 9.90 Å². The molecule has 1 aromatic carbocycles. The largest absolute Gasteiger partial charge is 0.476 e. The van der Waals surface area contributed by atoms with Gasteiger partial charge >= 0.3 is 5.97 Å². The lowest BCUT2D eigenvalue weighted by molar-refractivity contribution is 0.0123. The Balaban J connectivity index is 1.38. The molecule has 9 nitrogen and oxygen atoms in total. The number of aromatic nitrogens is 5. The lowest BCUT2D eigenvalue weighted by atomic mass is 9.82. The molecule has 0 atom stereocenters. The molecule has 2 aromatic heterocycles. The summed E-state index contributed by atoms with van der Waals surface area (Å²) in [5.41, 5.74) is 2.51. The third-order valence-electron chi connectivity index (χ3n) is 6.84. The van der Waals surface area contributed by atoms with Crippen molar-refractivity contribution in [2.24, 2.45) is 0 Å². The third-order valence-corrected chi connectivity index (χ3v) is 6.84. The summed E-state index contributed by atoms with van der Waals surface area (Å²) < 4.78 is 7.68. The summed E-state index contributed by atoms with van der Waals surface area (Å²) in [6.07, 6.45) is 6.67. The van der Waals surface area contributed by atoms with Crippen molar-refractivity contribution in [3.05, 3.63) is 47.8 Å². The van der Waals surface area contributed by atoms with Crippen LogP contribution in [0, 0.1) is 0 Å². The fourth-order valence-electron chi connectivity index (χ4n) is 4.49. The predicted molar refractivity (Wildman–Crippen MR) is 122 cm³/mol. The number of ether oxygens (including phenoxy) is 1. The van der Waals surface area contributed by atoms with Crippen LogP contribution in [0.1, 0.15) is 74.3 Å². The quantitative estimate of drug-likeness (QED) is 0.447. The van der Waals surface area contributed by atoms with Crippen molar-refractivity contribution in [2.45, 2.75) is 76.5 Å². The van der Waals surface area contributed by atoms with Gasteiger partial charge < -0.3 is 14.9 Å². The van der Waals surface area contributed by atoms with Crippen molar-refractivity contribution in [1.29, 1.82) is 0 Å². The summed E-state index contributed by atoms with van der Waals surface area (Å²) in [4.78, 5) is 11.2. The summed E-state index contributed by atoms with van der Waals surface area (Å²) in [6, 6.07) is 10.6. The van der Waals surface area contributed by atoms with E-state index in [1.165, 1.54) is 5.56 Å². The highest BCUT2D eigenvalue weighted by atomic mass is 16.5. The number of hydrogen-bond donors (Lipinski definition) is 3. The molecule has 0 saturated heterocycles. The molecule has 176 valence electrons. The number of rotatable bonds is 9. The molecule has 1 aliphatic carbocycles. The van der Waals surface area contributed by atoms with Gasteiger partial charge in [-0.2, -0.15) is 5.10 Å². The number of H-pyrrole nitrogens is 1. The summed E-state index contributed by atoms with van der Waals surface area (Å²) in [7, 11) is 0. The summed E-state index contributed by atoms with van der Waals surface area (Å²) in [6.45, 7) is 4.47. The highest BCUT2D eigenvalue weighted by molar-refractivity contribution is 5.87. The Morgan fingerprint density at radius 2 is 1.85 bits per heavy atom. The SMILES string of the molecule is CCC(O)(CC)Cn1nccc1-c1ccc(C2CCC(Oc3nn[nH]c3C(=O)O)CC2)cc1. The van der Waals surface area contributed by atoms with Crippen LogP contribution in [0.25, 0.3) is 11.3 Å². The topological polar surface area (TPSA) is 126 Å². The van der Waals surface area contributed by atoms with E-state index in [1.54, 1.807) is 6.20 Å². The molecule has 0 aliphatic heterocycles. The number of carboxylic acid groups (broad SMARTS) is 1. The second kappa shape index (κ2) is 9.74. The van der Waals surface area contributed by atoms with Gasteiger partial charge in [0.2, 0.25) is 5.69 Å². The van der Waals surface area contributed by atoms with Gasteiger partial charge in [0.1, 0.15) is 6.10 Å². The number of carboxylic acids is 1. The predicted octanol–water partition coefficient (Wildman–Crippen LogP) is 4.02. The van der Waals surface area contributed by atoms with Crippen molar-refractivity contribution >= 4 is 5.97 Å². The van der Waals surface area contributed by atoms with Crippen LogP contribution in [0.3, 0.4) is 0 Å². The summed E-state index contributed by atoms with van der Waals surface area (Å²) in [5.74, 6) is -0.630. The fraction of sp³-hybridized carbons (Fsp3) is 0.500. The van der Waals surface area contributed by atoms with Gasteiger partial charge in [0.25, 0.3) is 5.88 Å². The smallest absolute Gasteiger partial charge is 0.359 e. The van der Waals surface area contributed by atoms with Crippen LogP contribution in [-0.4, -0.2) is 53.1 Å². The molecule has 1 fully saturated rings. The van der Waals surface area contributed by atoms with Crippen LogP contribution >= 0.6 is 0 Å². The molecule has 2 heterocycles. The Morgan fingerprint density at radius 1 is 1.15 bits per heavy atom. The molecule has 0 radical (unpaired) electrons. The molecule has 1 saturated carbocycles. The lowest BCUT2D eigenvalue weighted by Crippen LogP contribution is -2.33. The first-order valence-corrected chi connectivity index (χ1v) is 11.6. The number of carbonyl (C=O) groups is 1. The minimum absolute atomic E-state index is 0.0601. The first-order chi connectivity index (χ1) is 15.9. The Labute approximate surface area is 192 Å². The van der Waals surface area contributed by atoms with E-state index in [2.05, 4.69) is 44.8 Å². The molecule has 4 rings (SSSR count). The maximum atomic E-state index is 11.2. The number of aromatic carboxylic acids is 1. The van der Waals surface area contributed by atoms with Gasteiger partial charge in [0.15, 0.2) is 0 Å². The third kappa shape index (κ3) is 5.08.